The summed E-state index contributed by atoms with van der Waals surface area (Å²) in [5, 5.41) is 4.45. The van der Waals surface area contributed by atoms with Crippen LogP contribution in [0.25, 0.3) is 0 Å². The third-order valence-electron chi connectivity index (χ3n) is 4.53. The van der Waals surface area contributed by atoms with E-state index < -0.39 is 0 Å². The topological polar surface area (TPSA) is 38.5 Å². The minimum Gasteiger partial charge on any atom is -0.492 e. The molecule has 0 radical (unpaired) electrons. The zero-order chi connectivity index (χ0) is 17.8. The number of hydrogen-bond acceptors (Lipinski definition) is 5. The van der Waals surface area contributed by atoms with Gasteiger partial charge in [0, 0.05) is 32.2 Å². The van der Waals surface area contributed by atoms with Crippen LogP contribution in [0.5, 0.6) is 5.75 Å². The maximum Gasteiger partial charge on any atom is 0.199 e. The van der Waals surface area contributed by atoms with Gasteiger partial charge in [-0.3, -0.25) is 4.90 Å². The maximum atomic E-state index is 5.77. The summed E-state index contributed by atoms with van der Waals surface area (Å²) in [7, 11) is 0. The normalized spacial score (nSPS) is 15.8. The fraction of sp³-hybridized carbons (Fsp3) is 0.556. The van der Waals surface area contributed by atoms with E-state index in [-0.39, 0.29) is 0 Å². The lowest BCUT2D eigenvalue weighted by molar-refractivity contribution is 0.193. The molecule has 25 heavy (non-hydrogen) atoms. The third-order valence-corrected chi connectivity index (χ3v) is 4.95. The summed E-state index contributed by atoms with van der Waals surface area (Å²) in [6, 6.07) is 8.62. The molecule has 6 nitrogen and oxygen atoms in total. The molecule has 0 unspecified atom stereocenters. The second-order valence-corrected chi connectivity index (χ2v) is 6.93. The van der Waals surface area contributed by atoms with E-state index >= 15 is 0 Å². The molecule has 7 heteroatoms. The van der Waals surface area contributed by atoms with Crippen molar-refractivity contribution in [3.05, 3.63) is 35.4 Å². The van der Waals surface area contributed by atoms with Crippen molar-refractivity contribution in [1.82, 2.24) is 19.2 Å². The average Bonchev–Trinajstić information content (AvgIpc) is 2.97. The number of rotatable bonds is 6. The van der Waals surface area contributed by atoms with Crippen molar-refractivity contribution in [3.8, 4) is 5.75 Å². The summed E-state index contributed by atoms with van der Waals surface area (Å²) in [5.41, 5.74) is 1.18. The van der Waals surface area contributed by atoms with Crippen molar-refractivity contribution in [2.45, 2.75) is 33.5 Å². The minimum absolute atomic E-state index is 0.341. The molecule has 1 aromatic heterocycles. The smallest absolute Gasteiger partial charge is 0.199 e. The van der Waals surface area contributed by atoms with E-state index in [1.54, 1.807) is 0 Å². The molecule has 0 saturated carbocycles. The van der Waals surface area contributed by atoms with Gasteiger partial charge in [-0.25, -0.2) is 4.68 Å². The van der Waals surface area contributed by atoms with Crippen LogP contribution >= 0.6 is 12.2 Å². The molecule has 1 aromatic carbocycles. The summed E-state index contributed by atoms with van der Waals surface area (Å²) in [6.07, 6.45) is 1.83. The van der Waals surface area contributed by atoms with Gasteiger partial charge in [-0.1, -0.05) is 12.1 Å². The predicted octanol–water partition coefficient (Wildman–Crippen LogP) is 3.17. The van der Waals surface area contributed by atoms with Crippen molar-refractivity contribution in [3.63, 3.8) is 0 Å². The Kier molecular flexibility index (Phi) is 5.75. The third kappa shape index (κ3) is 4.04. The molecule has 136 valence electrons. The number of aromatic nitrogens is 3. The van der Waals surface area contributed by atoms with Crippen molar-refractivity contribution in [1.29, 1.82) is 0 Å². The van der Waals surface area contributed by atoms with E-state index in [0.29, 0.717) is 12.6 Å². The van der Waals surface area contributed by atoms with E-state index in [4.69, 9.17) is 17.0 Å². The molecule has 0 N–H and O–H groups in total. The van der Waals surface area contributed by atoms with Crippen LogP contribution in [0.1, 0.15) is 26.8 Å². The van der Waals surface area contributed by atoms with Gasteiger partial charge < -0.3 is 14.2 Å². The molecule has 2 aromatic rings. The fourth-order valence-corrected chi connectivity index (χ4v) is 3.48. The molecular weight excluding hydrogens is 334 g/mol. The first kappa shape index (κ1) is 17.9. The standard InChI is InChI=1S/C18H27N5OS/c1-4-24-17-8-6-5-7-16(17)21-11-9-20(10-12-21)14-23-18(25)22(13-19-23)15(2)3/h5-8,13,15H,4,9-12,14H2,1-3H3. The van der Waals surface area contributed by atoms with Crippen molar-refractivity contribution in [2.75, 3.05) is 37.7 Å². The van der Waals surface area contributed by atoms with Crippen LogP contribution in [0.3, 0.4) is 0 Å². The molecular formula is C18H27N5OS. The van der Waals surface area contributed by atoms with E-state index in [0.717, 1.165) is 43.4 Å². The van der Waals surface area contributed by atoms with E-state index in [2.05, 4.69) is 40.9 Å². The van der Waals surface area contributed by atoms with Gasteiger partial charge in [0.15, 0.2) is 4.77 Å². The van der Waals surface area contributed by atoms with Gasteiger partial charge in [0.25, 0.3) is 0 Å². The highest BCUT2D eigenvalue weighted by molar-refractivity contribution is 7.71. The van der Waals surface area contributed by atoms with Crippen LogP contribution in [0.4, 0.5) is 5.69 Å². The van der Waals surface area contributed by atoms with Crippen LogP contribution in [0.15, 0.2) is 30.6 Å². The minimum atomic E-state index is 0.341. The number of hydrogen-bond donors (Lipinski definition) is 0. The quantitative estimate of drug-likeness (QED) is 0.739. The Morgan fingerprint density at radius 3 is 2.52 bits per heavy atom. The highest BCUT2D eigenvalue weighted by Gasteiger charge is 2.20. The lowest BCUT2D eigenvalue weighted by Crippen LogP contribution is -2.47. The molecule has 1 saturated heterocycles. The predicted molar refractivity (Wildman–Crippen MR) is 103 cm³/mol. The molecule has 0 spiro atoms. The van der Waals surface area contributed by atoms with Gasteiger partial charge in [-0.05, 0) is 45.1 Å². The van der Waals surface area contributed by atoms with Crippen LogP contribution in [0, 0.1) is 4.77 Å². The molecule has 0 atom stereocenters. The Morgan fingerprint density at radius 2 is 1.88 bits per heavy atom. The van der Waals surface area contributed by atoms with Crippen LogP contribution in [-0.4, -0.2) is 52.0 Å². The van der Waals surface area contributed by atoms with Crippen LogP contribution < -0.4 is 9.64 Å². The number of anilines is 1. The Morgan fingerprint density at radius 1 is 1.16 bits per heavy atom. The number of piperazine rings is 1. The van der Waals surface area contributed by atoms with Crippen LogP contribution in [-0.2, 0) is 6.67 Å². The van der Waals surface area contributed by atoms with Gasteiger partial charge in [0.05, 0.1) is 19.0 Å². The van der Waals surface area contributed by atoms with Crippen LogP contribution in [0.2, 0.25) is 0 Å². The molecule has 3 rings (SSSR count). The second kappa shape index (κ2) is 8.01. The Bertz CT molecular complexity index is 746. The monoisotopic (exact) mass is 361 g/mol. The van der Waals surface area contributed by atoms with Crippen molar-refractivity contribution >= 4 is 17.9 Å². The first-order chi connectivity index (χ1) is 12.1. The first-order valence-corrected chi connectivity index (χ1v) is 9.34. The average molecular weight is 362 g/mol. The van der Waals surface area contributed by atoms with Crippen molar-refractivity contribution < 1.29 is 4.74 Å². The van der Waals surface area contributed by atoms with Crippen molar-refractivity contribution in [2.24, 2.45) is 0 Å². The van der Waals surface area contributed by atoms with Gasteiger partial charge in [0.2, 0.25) is 0 Å². The maximum absolute atomic E-state index is 5.77. The lowest BCUT2D eigenvalue weighted by atomic mass is 10.2. The molecule has 1 fully saturated rings. The molecule has 1 aliphatic heterocycles. The van der Waals surface area contributed by atoms with Gasteiger partial charge >= 0.3 is 0 Å². The van der Waals surface area contributed by atoms with Gasteiger partial charge in [0.1, 0.15) is 12.1 Å². The number of para-hydroxylation sites is 2. The summed E-state index contributed by atoms with van der Waals surface area (Å²) in [4.78, 5) is 4.79. The zero-order valence-electron chi connectivity index (χ0n) is 15.3. The second-order valence-electron chi connectivity index (χ2n) is 6.56. The molecule has 0 amide bonds. The van der Waals surface area contributed by atoms with E-state index in [9.17, 15) is 0 Å². The number of benzene rings is 1. The lowest BCUT2D eigenvalue weighted by Gasteiger charge is -2.36. The fourth-order valence-electron chi connectivity index (χ4n) is 3.12. The number of ether oxygens (including phenoxy) is 1. The molecule has 0 aliphatic carbocycles. The SMILES string of the molecule is CCOc1ccccc1N1CCN(Cn2ncn(C(C)C)c2=S)CC1. The molecule has 0 bridgehead atoms. The summed E-state index contributed by atoms with van der Waals surface area (Å²) in [6.45, 7) is 11.6. The highest BCUT2D eigenvalue weighted by Crippen LogP contribution is 2.28. The molecule has 2 heterocycles. The Balaban J connectivity index is 1.62. The summed E-state index contributed by atoms with van der Waals surface area (Å²) < 4.78 is 10.5. The molecule has 1 aliphatic rings. The number of nitrogens with zero attached hydrogens (tertiary/aromatic N) is 5. The zero-order valence-corrected chi connectivity index (χ0v) is 16.1. The van der Waals surface area contributed by atoms with Gasteiger partial charge in [-0.15, -0.1) is 0 Å². The Hall–Kier alpha value is -1.86. The van der Waals surface area contributed by atoms with E-state index in [1.165, 1.54) is 5.69 Å². The van der Waals surface area contributed by atoms with Gasteiger partial charge in [-0.2, -0.15) is 5.10 Å². The summed E-state index contributed by atoms with van der Waals surface area (Å²) >= 11 is 5.53. The first-order valence-electron chi connectivity index (χ1n) is 8.93. The highest BCUT2D eigenvalue weighted by atomic mass is 32.1. The largest absolute Gasteiger partial charge is 0.492 e. The van der Waals surface area contributed by atoms with E-state index in [1.807, 2.05) is 34.6 Å². The Labute approximate surface area is 154 Å². The summed E-state index contributed by atoms with van der Waals surface area (Å²) in [5.74, 6) is 0.969.